The molecule has 7 heteroatoms. The minimum Gasteiger partial charge on any atom is -0.461 e. The van der Waals surface area contributed by atoms with E-state index in [0.717, 1.165) is 13.0 Å². The average Bonchev–Trinajstić information content (AvgIpc) is 2.93. The van der Waals surface area contributed by atoms with Crippen LogP contribution in [0.2, 0.25) is 0 Å². The van der Waals surface area contributed by atoms with Crippen molar-refractivity contribution in [3.63, 3.8) is 0 Å². The summed E-state index contributed by atoms with van der Waals surface area (Å²) < 4.78 is 42.6. The van der Waals surface area contributed by atoms with Crippen molar-refractivity contribution >= 4 is 5.97 Å². The van der Waals surface area contributed by atoms with Crippen molar-refractivity contribution in [1.29, 1.82) is 0 Å². The van der Waals surface area contributed by atoms with Crippen LogP contribution < -0.4 is 0 Å². The van der Waals surface area contributed by atoms with Gasteiger partial charge in [-0.05, 0) is 32.4 Å². The molecule has 2 fully saturated rings. The van der Waals surface area contributed by atoms with E-state index in [9.17, 15) is 18.0 Å². The van der Waals surface area contributed by atoms with Gasteiger partial charge in [0.2, 0.25) is 0 Å². The van der Waals surface area contributed by atoms with Gasteiger partial charge in [0.1, 0.15) is 12.1 Å². The number of hydrogen-bond donors (Lipinski definition) is 0. The lowest BCUT2D eigenvalue weighted by Gasteiger charge is -2.26. The molecule has 2 saturated heterocycles. The Labute approximate surface area is 123 Å². The van der Waals surface area contributed by atoms with E-state index in [0.29, 0.717) is 26.1 Å². The molecule has 21 heavy (non-hydrogen) atoms. The summed E-state index contributed by atoms with van der Waals surface area (Å²) in [6.07, 6.45) is -2.68. The topological polar surface area (TPSA) is 32.8 Å². The number of likely N-dealkylation sites (tertiary alicyclic amines) is 1. The number of hydrogen-bond acceptors (Lipinski definition) is 4. The Bertz CT molecular complexity index is 376. The highest BCUT2D eigenvalue weighted by Crippen LogP contribution is 2.27. The van der Waals surface area contributed by atoms with Crippen LogP contribution in [0.4, 0.5) is 13.2 Å². The van der Waals surface area contributed by atoms with Crippen molar-refractivity contribution in [3.8, 4) is 0 Å². The third kappa shape index (κ3) is 4.57. The van der Waals surface area contributed by atoms with Gasteiger partial charge in [0.15, 0.2) is 0 Å². The van der Waals surface area contributed by atoms with Gasteiger partial charge in [0.25, 0.3) is 0 Å². The lowest BCUT2D eigenvalue weighted by molar-refractivity contribution is -0.146. The molecule has 0 bridgehead atoms. The molecule has 0 saturated carbocycles. The Morgan fingerprint density at radius 1 is 1.43 bits per heavy atom. The highest BCUT2D eigenvalue weighted by atomic mass is 19.4. The highest BCUT2D eigenvalue weighted by Gasteiger charge is 2.40. The zero-order chi connectivity index (χ0) is 15.6. The first-order valence-corrected chi connectivity index (χ1v) is 7.52. The van der Waals surface area contributed by atoms with Gasteiger partial charge in [-0.2, -0.15) is 13.2 Å². The number of halogens is 3. The van der Waals surface area contributed by atoms with Crippen molar-refractivity contribution < 1.29 is 22.7 Å². The summed E-state index contributed by atoms with van der Waals surface area (Å²) in [6.45, 7) is 5.02. The summed E-state index contributed by atoms with van der Waals surface area (Å²) in [4.78, 5) is 15.2. The number of esters is 1. The van der Waals surface area contributed by atoms with Crippen molar-refractivity contribution in [1.82, 2.24) is 9.80 Å². The molecule has 0 aromatic rings. The number of carbonyl (C=O) groups is 1. The maximum absolute atomic E-state index is 12.5. The summed E-state index contributed by atoms with van der Waals surface area (Å²) in [5, 5.41) is 0. The second-order valence-corrected chi connectivity index (χ2v) is 6.09. The van der Waals surface area contributed by atoms with Crippen molar-refractivity contribution in [2.24, 2.45) is 5.92 Å². The quantitative estimate of drug-likeness (QED) is 0.726. The predicted octanol–water partition coefficient (Wildman–Crippen LogP) is 1.90. The van der Waals surface area contributed by atoms with E-state index in [-0.39, 0.29) is 24.0 Å². The van der Waals surface area contributed by atoms with Gasteiger partial charge in [0.05, 0.1) is 6.54 Å². The lowest BCUT2D eigenvalue weighted by atomic mass is 10.1. The molecule has 2 aliphatic rings. The molecule has 4 nitrogen and oxygen atoms in total. The molecule has 2 aliphatic heterocycles. The van der Waals surface area contributed by atoms with Gasteiger partial charge in [-0.15, -0.1) is 0 Å². The third-order valence-electron chi connectivity index (χ3n) is 4.27. The highest BCUT2D eigenvalue weighted by molar-refractivity contribution is 5.78. The average molecular weight is 308 g/mol. The van der Waals surface area contributed by atoms with Crippen LogP contribution in [0.1, 0.15) is 26.7 Å². The molecule has 0 radical (unpaired) electrons. The minimum absolute atomic E-state index is 0.0566. The van der Waals surface area contributed by atoms with E-state index in [1.807, 2.05) is 6.92 Å². The molecular formula is C14H23F3N2O2. The first kappa shape index (κ1) is 16.5. The number of alkyl halides is 3. The van der Waals surface area contributed by atoms with Crippen LogP contribution in [0.5, 0.6) is 0 Å². The fourth-order valence-corrected chi connectivity index (χ4v) is 3.25. The van der Waals surface area contributed by atoms with Crippen LogP contribution in [0.15, 0.2) is 0 Å². The fourth-order valence-electron chi connectivity index (χ4n) is 3.25. The molecule has 122 valence electrons. The summed E-state index contributed by atoms with van der Waals surface area (Å²) >= 11 is 0. The summed E-state index contributed by atoms with van der Waals surface area (Å²) in [5.74, 6) is 0.00166. The predicted molar refractivity (Wildman–Crippen MR) is 71.8 cm³/mol. The van der Waals surface area contributed by atoms with Gasteiger partial charge in [-0.25, -0.2) is 0 Å². The van der Waals surface area contributed by atoms with E-state index >= 15 is 0 Å². The SMILES string of the molecule is CCN(C[C@@H]1CCN([C@@H]2C[C@@H](C)OC2=O)C1)CC(F)(F)F. The van der Waals surface area contributed by atoms with E-state index in [2.05, 4.69) is 4.90 Å². The zero-order valence-electron chi connectivity index (χ0n) is 12.5. The van der Waals surface area contributed by atoms with Gasteiger partial charge in [-0.3, -0.25) is 14.6 Å². The Kier molecular flexibility index (Phi) is 5.14. The first-order valence-electron chi connectivity index (χ1n) is 7.52. The molecule has 0 spiro atoms. The molecule has 2 rings (SSSR count). The van der Waals surface area contributed by atoms with Crippen LogP contribution >= 0.6 is 0 Å². The van der Waals surface area contributed by atoms with Gasteiger partial charge in [-0.1, -0.05) is 6.92 Å². The summed E-state index contributed by atoms with van der Waals surface area (Å²) in [7, 11) is 0. The Balaban J connectivity index is 1.83. The monoisotopic (exact) mass is 308 g/mol. The molecular weight excluding hydrogens is 285 g/mol. The van der Waals surface area contributed by atoms with Crippen molar-refractivity contribution in [2.75, 3.05) is 32.7 Å². The molecule has 0 amide bonds. The maximum Gasteiger partial charge on any atom is 0.401 e. The first-order chi connectivity index (χ1) is 9.78. The number of rotatable bonds is 5. The van der Waals surface area contributed by atoms with E-state index in [1.54, 1.807) is 6.92 Å². The Morgan fingerprint density at radius 3 is 2.67 bits per heavy atom. The minimum atomic E-state index is -4.15. The van der Waals surface area contributed by atoms with Gasteiger partial charge >= 0.3 is 12.1 Å². The third-order valence-corrected chi connectivity index (χ3v) is 4.27. The number of nitrogens with zero attached hydrogens (tertiary/aromatic N) is 2. The second kappa shape index (κ2) is 6.52. The summed E-state index contributed by atoms with van der Waals surface area (Å²) in [6, 6.07) is -0.206. The van der Waals surface area contributed by atoms with E-state index < -0.39 is 12.7 Å². The van der Waals surface area contributed by atoms with Crippen LogP contribution in [-0.4, -0.2) is 66.8 Å². The molecule has 2 heterocycles. The second-order valence-electron chi connectivity index (χ2n) is 6.09. The van der Waals surface area contributed by atoms with Crippen LogP contribution in [0, 0.1) is 5.92 Å². The molecule has 0 aromatic heterocycles. The van der Waals surface area contributed by atoms with Crippen molar-refractivity contribution in [3.05, 3.63) is 0 Å². The molecule has 3 atom stereocenters. The molecule has 0 aromatic carbocycles. The zero-order valence-corrected chi connectivity index (χ0v) is 12.5. The van der Waals surface area contributed by atoms with E-state index in [4.69, 9.17) is 4.74 Å². The normalized spacial score (nSPS) is 31.1. The number of ether oxygens (including phenoxy) is 1. The van der Waals surface area contributed by atoms with Crippen LogP contribution in [-0.2, 0) is 9.53 Å². The smallest absolute Gasteiger partial charge is 0.401 e. The largest absolute Gasteiger partial charge is 0.461 e. The molecule has 0 unspecified atom stereocenters. The summed E-state index contributed by atoms with van der Waals surface area (Å²) in [5.41, 5.74) is 0. The van der Waals surface area contributed by atoms with Crippen LogP contribution in [0.25, 0.3) is 0 Å². The van der Waals surface area contributed by atoms with Gasteiger partial charge < -0.3 is 4.74 Å². The number of cyclic esters (lactones) is 1. The van der Waals surface area contributed by atoms with Crippen molar-refractivity contribution in [2.45, 2.75) is 45.0 Å². The Hall–Kier alpha value is -0.820. The maximum atomic E-state index is 12.5. The van der Waals surface area contributed by atoms with Crippen LogP contribution in [0.3, 0.4) is 0 Å². The molecule has 0 N–H and O–H groups in total. The molecule has 0 aliphatic carbocycles. The lowest BCUT2D eigenvalue weighted by Crippen LogP contribution is -2.40. The van der Waals surface area contributed by atoms with E-state index in [1.165, 1.54) is 4.90 Å². The fraction of sp³-hybridized carbons (Fsp3) is 0.929. The number of carbonyl (C=O) groups excluding carboxylic acids is 1. The Morgan fingerprint density at radius 2 is 2.14 bits per heavy atom. The van der Waals surface area contributed by atoms with Gasteiger partial charge in [0, 0.05) is 19.5 Å². The standard InChI is InChI=1S/C14H23F3N2O2/c1-3-18(9-14(15,16)17)7-11-4-5-19(8-11)12-6-10(2)21-13(12)20/h10-12H,3-9H2,1-2H3/t10-,11+,12-/m1/s1.